The minimum absolute atomic E-state index is 0.244. The summed E-state index contributed by atoms with van der Waals surface area (Å²) in [6.07, 6.45) is 0.432. The zero-order chi connectivity index (χ0) is 22.1. The van der Waals surface area contributed by atoms with Crippen LogP contribution in [0.25, 0.3) is 0 Å². The van der Waals surface area contributed by atoms with Crippen LogP contribution in [-0.2, 0) is 11.2 Å². The fraction of sp³-hybridized carbons (Fsp3) is 0.200. The van der Waals surface area contributed by atoms with Crippen molar-refractivity contribution in [1.82, 2.24) is 5.32 Å². The van der Waals surface area contributed by atoms with Crippen LogP contribution in [0.5, 0.6) is 5.75 Å². The number of hydrogen-bond acceptors (Lipinski definition) is 3. The summed E-state index contributed by atoms with van der Waals surface area (Å²) in [5, 5.41) is 6.17. The van der Waals surface area contributed by atoms with Gasteiger partial charge in [0.1, 0.15) is 5.75 Å². The molecule has 3 aromatic carbocycles. The molecule has 2 N–H and O–H groups in total. The van der Waals surface area contributed by atoms with Gasteiger partial charge in [0.05, 0.1) is 16.3 Å². The maximum atomic E-state index is 12.8. The maximum absolute atomic E-state index is 12.8. The first-order valence-electron chi connectivity index (χ1n) is 10.2. The number of para-hydroxylation sites is 2. The van der Waals surface area contributed by atoms with E-state index in [0.29, 0.717) is 35.0 Å². The summed E-state index contributed by atoms with van der Waals surface area (Å²) >= 11 is 6.14. The highest BCUT2D eigenvalue weighted by Gasteiger charge is 2.21. The largest absolute Gasteiger partial charge is 0.479 e. The molecule has 0 aromatic heterocycles. The molecule has 0 aliphatic carbocycles. The third kappa shape index (κ3) is 6.33. The highest BCUT2D eigenvalue weighted by atomic mass is 35.5. The molecule has 5 nitrogen and oxygen atoms in total. The van der Waals surface area contributed by atoms with Gasteiger partial charge in [-0.15, -0.1) is 0 Å². The Morgan fingerprint density at radius 2 is 1.61 bits per heavy atom. The van der Waals surface area contributed by atoms with Crippen LogP contribution in [0.4, 0.5) is 5.69 Å². The Hall–Kier alpha value is -3.31. The molecule has 0 aliphatic rings. The molecule has 31 heavy (non-hydrogen) atoms. The molecule has 0 heterocycles. The maximum Gasteiger partial charge on any atom is 0.265 e. The molecule has 2 amide bonds. The van der Waals surface area contributed by atoms with E-state index in [-0.39, 0.29) is 11.8 Å². The van der Waals surface area contributed by atoms with Crippen molar-refractivity contribution in [2.75, 3.05) is 11.9 Å². The van der Waals surface area contributed by atoms with Gasteiger partial charge in [0.15, 0.2) is 6.10 Å². The Bertz CT molecular complexity index is 1020. The molecular formula is C25H25ClN2O3. The predicted octanol–water partition coefficient (Wildman–Crippen LogP) is 5.11. The lowest BCUT2D eigenvalue weighted by atomic mass is 10.1. The smallest absolute Gasteiger partial charge is 0.265 e. The number of halogens is 1. The molecule has 0 bridgehead atoms. The van der Waals surface area contributed by atoms with Crippen LogP contribution in [-0.4, -0.2) is 24.5 Å². The summed E-state index contributed by atoms with van der Waals surface area (Å²) < 4.78 is 5.80. The fourth-order valence-electron chi connectivity index (χ4n) is 3.08. The number of nitrogens with one attached hydrogen (secondary N) is 2. The molecule has 160 valence electrons. The average Bonchev–Trinajstić information content (AvgIpc) is 2.79. The van der Waals surface area contributed by atoms with Crippen molar-refractivity contribution in [3.8, 4) is 5.75 Å². The lowest BCUT2D eigenvalue weighted by Gasteiger charge is -2.19. The first-order valence-corrected chi connectivity index (χ1v) is 10.6. The van der Waals surface area contributed by atoms with E-state index in [1.807, 2.05) is 37.3 Å². The number of ether oxygens (including phenoxy) is 1. The van der Waals surface area contributed by atoms with E-state index in [1.165, 1.54) is 0 Å². The second kappa shape index (κ2) is 11.2. The number of anilines is 1. The zero-order valence-electron chi connectivity index (χ0n) is 17.3. The van der Waals surface area contributed by atoms with E-state index >= 15 is 0 Å². The molecule has 3 aromatic rings. The molecule has 0 fully saturated rings. The Morgan fingerprint density at radius 1 is 0.935 bits per heavy atom. The standard InChI is InChI=1S/C25H25ClN2O3/c1-2-22(31-23-15-9-7-13-20(23)26)25(30)28-21-14-8-6-12-19(21)24(29)27-17-16-18-10-4-3-5-11-18/h3-15,22H,2,16-17H2,1H3,(H,27,29)(H,28,30)/t22-/m0/s1. The van der Waals surface area contributed by atoms with Crippen LogP contribution < -0.4 is 15.4 Å². The highest BCUT2D eigenvalue weighted by molar-refractivity contribution is 6.32. The first kappa shape index (κ1) is 22.4. The van der Waals surface area contributed by atoms with Gasteiger partial charge in [0, 0.05) is 6.54 Å². The zero-order valence-corrected chi connectivity index (χ0v) is 18.1. The molecule has 1 atom stereocenters. The van der Waals surface area contributed by atoms with Gasteiger partial charge in [-0.2, -0.15) is 0 Å². The van der Waals surface area contributed by atoms with Crippen LogP contribution in [0, 0.1) is 0 Å². The summed E-state index contributed by atoms with van der Waals surface area (Å²) in [5.74, 6) is -0.142. The van der Waals surface area contributed by atoms with Crippen molar-refractivity contribution in [3.63, 3.8) is 0 Å². The Morgan fingerprint density at radius 3 is 2.35 bits per heavy atom. The van der Waals surface area contributed by atoms with E-state index in [1.54, 1.807) is 48.5 Å². The van der Waals surface area contributed by atoms with Crippen molar-refractivity contribution in [3.05, 3.63) is 95.0 Å². The molecule has 0 unspecified atom stereocenters. The summed E-state index contributed by atoms with van der Waals surface area (Å²) in [4.78, 5) is 25.5. The molecule has 3 rings (SSSR count). The molecule has 0 saturated carbocycles. The van der Waals surface area contributed by atoms with Gasteiger partial charge in [-0.05, 0) is 42.7 Å². The molecule has 6 heteroatoms. The number of benzene rings is 3. The Kier molecular flexibility index (Phi) is 8.07. The van der Waals surface area contributed by atoms with Crippen LogP contribution in [0.3, 0.4) is 0 Å². The van der Waals surface area contributed by atoms with Gasteiger partial charge in [-0.1, -0.05) is 73.1 Å². The van der Waals surface area contributed by atoms with E-state index < -0.39 is 6.10 Å². The van der Waals surface area contributed by atoms with E-state index in [2.05, 4.69) is 10.6 Å². The molecule has 0 spiro atoms. The highest BCUT2D eigenvalue weighted by Crippen LogP contribution is 2.25. The molecule has 0 aliphatic heterocycles. The third-order valence-corrected chi connectivity index (χ3v) is 5.05. The van der Waals surface area contributed by atoms with Crippen molar-refractivity contribution in [2.24, 2.45) is 0 Å². The number of carbonyl (C=O) groups excluding carboxylic acids is 2. The minimum Gasteiger partial charge on any atom is -0.479 e. The third-order valence-electron chi connectivity index (χ3n) is 4.74. The summed E-state index contributed by atoms with van der Waals surface area (Å²) in [7, 11) is 0. The van der Waals surface area contributed by atoms with E-state index in [0.717, 1.165) is 12.0 Å². The summed E-state index contributed by atoms with van der Waals surface area (Å²) in [6, 6.07) is 23.9. The second-order valence-electron chi connectivity index (χ2n) is 6.97. The lowest BCUT2D eigenvalue weighted by molar-refractivity contribution is -0.122. The van der Waals surface area contributed by atoms with E-state index in [4.69, 9.17) is 16.3 Å². The van der Waals surface area contributed by atoms with Crippen LogP contribution >= 0.6 is 11.6 Å². The van der Waals surface area contributed by atoms with Crippen molar-refractivity contribution in [2.45, 2.75) is 25.9 Å². The van der Waals surface area contributed by atoms with Crippen LogP contribution in [0.2, 0.25) is 5.02 Å². The first-order chi connectivity index (χ1) is 15.1. The number of rotatable bonds is 9. The van der Waals surface area contributed by atoms with Gasteiger partial charge in [0.25, 0.3) is 11.8 Å². The van der Waals surface area contributed by atoms with Crippen molar-refractivity contribution in [1.29, 1.82) is 0 Å². The number of amides is 2. The Balaban J connectivity index is 1.64. The summed E-state index contributed by atoms with van der Waals surface area (Å²) in [6.45, 7) is 2.35. The van der Waals surface area contributed by atoms with Gasteiger partial charge in [-0.25, -0.2) is 0 Å². The second-order valence-corrected chi connectivity index (χ2v) is 7.38. The van der Waals surface area contributed by atoms with Gasteiger partial charge in [0.2, 0.25) is 0 Å². The SMILES string of the molecule is CC[C@H](Oc1ccccc1Cl)C(=O)Nc1ccccc1C(=O)NCCc1ccccc1. The monoisotopic (exact) mass is 436 g/mol. The fourth-order valence-corrected chi connectivity index (χ4v) is 3.26. The Labute approximate surface area is 187 Å². The molecule has 0 saturated heterocycles. The van der Waals surface area contributed by atoms with Crippen LogP contribution in [0.15, 0.2) is 78.9 Å². The number of hydrogen-bond donors (Lipinski definition) is 2. The van der Waals surface area contributed by atoms with Crippen LogP contribution in [0.1, 0.15) is 29.3 Å². The minimum atomic E-state index is -0.742. The lowest BCUT2D eigenvalue weighted by Crippen LogP contribution is -2.33. The summed E-state index contributed by atoms with van der Waals surface area (Å²) in [5.41, 5.74) is 1.98. The normalized spacial score (nSPS) is 11.4. The molecule has 0 radical (unpaired) electrons. The van der Waals surface area contributed by atoms with Crippen molar-refractivity contribution < 1.29 is 14.3 Å². The van der Waals surface area contributed by atoms with E-state index in [9.17, 15) is 9.59 Å². The molecular weight excluding hydrogens is 412 g/mol. The van der Waals surface area contributed by atoms with Gasteiger partial charge >= 0.3 is 0 Å². The quantitative estimate of drug-likeness (QED) is 0.490. The average molecular weight is 437 g/mol. The predicted molar refractivity (Wildman–Crippen MR) is 124 cm³/mol. The van der Waals surface area contributed by atoms with Crippen molar-refractivity contribution >= 4 is 29.1 Å². The topological polar surface area (TPSA) is 67.4 Å². The van der Waals surface area contributed by atoms with Gasteiger partial charge < -0.3 is 15.4 Å². The van der Waals surface area contributed by atoms with Gasteiger partial charge in [-0.3, -0.25) is 9.59 Å². The number of carbonyl (C=O) groups is 2.